The summed E-state index contributed by atoms with van der Waals surface area (Å²) in [5.41, 5.74) is 0.437. The molecule has 2 aromatic carbocycles. The molecule has 0 unspecified atom stereocenters. The number of rotatable bonds is 7. The lowest BCUT2D eigenvalue weighted by molar-refractivity contribution is -0.115. The molecular formula is C22H24N4O5S. The molecule has 1 aliphatic rings. The lowest BCUT2D eigenvalue weighted by Crippen LogP contribution is -2.28. The number of ether oxygens (including phenoxy) is 1. The van der Waals surface area contributed by atoms with Crippen LogP contribution in [0.25, 0.3) is 10.8 Å². The van der Waals surface area contributed by atoms with Crippen LogP contribution < -0.4 is 15.6 Å². The molecule has 1 saturated heterocycles. The van der Waals surface area contributed by atoms with E-state index in [2.05, 4.69) is 15.5 Å². The third-order valence-corrected chi connectivity index (χ3v) is 7.23. The molecular weight excluding hydrogens is 432 g/mol. The molecule has 1 aliphatic heterocycles. The summed E-state index contributed by atoms with van der Waals surface area (Å²) in [5.74, 6) is -0.130. The monoisotopic (exact) mass is 456 g/mol. The molecule has 0 spiro atoms. The molecule has 0 radical (unpaired) electrons. The molecule has 4 rings (SSSR count). The number of carbonyl (C=O) groups is 1. The Morgan fingerprint density at radius 3 is 2.59 bits per heavy atom. The number of anilines is 1. The fourth-order valence-corrected chi connectivity index (χ4v) is 5.47. The Morgan fingerprint density at radius 1 is 1.16 bits per heavy atom. The molecule has 32 heavy (non-hydrogen) atoms. The van der Waals surface area contributed by atoms with Crippen LogP contribution in [0, 0.1) is 0 Å². The number of sulfonamides is 1. The minimum Gasteiger partial charge on any atom is -0.492 e. The highest BCUT2D eigenvalue weighted by molar-refractivity contribution is 7.89. The Hall–Kier alpha value is -3.24. The first-order valence-corrected chi connectivity index (χ1v) is 11.9. The van der Waals surface area contributed by atoms with Gasteiger partial charge in [0, 0.05) is 24.2 Å². The average molecular weight is 457 g/mol. The summed E-state index contributed by atoms with van der Waals surface area (Å²) in [5, 5.41) is 10.2. The number of nitrogens with one attached hydrogen (secondary N) is 2. The van der Waals surface area contributed by atoms with E-state index in [1.165, 1.54) is 10.4 Å². The molecule has 0 bridgehead atoms. The van der Waals surface area contributed by atoms with Gasteiger partial charge in [0.1, 0.15) is 10.6 Å². The summed E-state index contributed by atoms with van der Waals surface area (Å²) in [7, 11) is -3.74. The molecule has 9 nitrogen and oxygen atoms in total. The second-order valence-electron chi connectivity index (χ2n) is 7.48. The Kier molecular flexibility index (Phi) is 6.24. The largest absolute Gasteiger partial charge is 0.492 e. The lowest BCUT2D eigenvalue weighted by Gasteiger charge is -2.19. The fourth-order valence-electron chi connectivity index (χ4n) is 3.79. The van der Waals surface area contributed by atoms with E-state index in [0.29, 0.717) is 41.9 Å². The third kappa shape index (κ3) is 4.37. The molecule has 3 aromatic rings. The minimum atomic E-state index is -3.74. The standard InChI is InChI=1S/C22H24N4O5S/c1-2-31-19-10-9-15(13-20(19)32(29,30)26-11-5-6-12-26)23-21(27)14-18-16-7-3-4-8-17(16)22(28)25-24-18/h3-4,7-10,13H,2,5-6,11-12,14H2,1H3,(H,23,27)(H,25,28). The van der Waals surface area contributed by atoms with Gasteiger partial charge in [0.15, 0.2) is 0 Å². The zero-order chi connectivity index (χ0) is 22.7. The van der Waals surface area contributed by atoms with Gasteiger partial charge in [-0.05, 0) is 44.0 Å². The Morgan fingerprint density at radius 2 is 1.88 bits per heavy atom. The number of amides is 1. The van der Waals surface area contributed by atoms with Gasteiger partial charge in [0.2, 0.25) is 15.9 Å². The molecule has 1 aromatic heterocycles. The van der Waals surface area contributed by atoms with Gasteiger partial charge in [-0.1, -0.05) is 18.2 Å². The van der Waals surface area contributed by atoms with Gasteiger partial charge in [0.05, 0.1) is 24.1 Å². The van der Waals surface area contributed by atoms with Crippen molar-refractivity contribution >= 4 is 32.4 Å². The number of H-pyrrole nitrogens is 1. The molecule has 0 aliphatic carbocycles. The maximum absolute atomic E-state index is 13.1. The van der Waals surface area contributed by atoms with Crippen molar-refractivity contribution in [2.45, 2.75) is 31.1 Å². The number of carbonyl (C=O) groups excluding carboxylic acids is 1. The van der Waals surface area contributed by atoms with Crippen molar-refractivity contribution < 1.29 is 17.9 Å². The van der Waals surface area contributed by atoms with E-state index < -0.39 is 10.0 Å². The zero-order valence-corrected chi connectivity index (χ0v) is 18.4. The SMILES string of the molecule is CCOc1ccc(NC(=O)Cc2n[nH]c(=O)c3ccccc23)cc1S(=O)(=O)N1CCCC1. The van der Waals surface area contributed by atoms with Gasteiger partial charge in [0.25, 0.3) is 5.56 Å². The number of benzene rings is 2. The number of aromatic nitrogens is 2. The quantitative estimate of drug-likeness (QED) is 0.563. The highest BCUT2D eigenvalue weighted by Gasteiger charge is 2.30. The third-order valence-electron chi connectivity index (χ3n) is 5.31. The van der Waals surface area contributed by atoms with E-state index in [4.69, 9.17) is 4.74 Å². The first-order valence-electron chi connectivity index (χ1n) is 10.4. The molecule has 2 heterocycles. The van der Waals surface area contributed by atoms with Crippen molar-refractivity contribution in [3.63, 3.8) is 0 Å². The highest BCUT2D eigenvalue weighted by atomic mass is 32.2. The first-order chi connectivity index (χ1) is 15.4. The van der Waals surface area contributed by atoms with Crippen molar-refractivity contribution in [1.29, 1.82) is 0 Å². The lowest BCUT2D eigenvalue weighted by atomic mass is 10.1. The summed E-state index contributed by atoms with van der Waals surface area (Å²) in [6.45, 7) is 3.04. The number of hydrogen-bond acceptors (Lipinski definition) is 6. The number of aromatic amines is 1. The molecule has 0 saturated carbocycles. The van der Waals surface area contributed by atoms with E-state index in [-0.39, 0.29) is 28.5 Å². The van der Waals surface area contributed by atoms with Crippen LogP contribution in [0.2, 0.25) is 0 Å². The van der Waals surface area contributed by atoms with E-state index in [0.717, 1.165) is 12.8 Å². The number of hydrogen-bond donors (Lipinski definition) is 2. The average Bonchev–Trinajstić information content (AvgIpc) is 3.33. The molecule has 1 fully saturated rings. The van der Waals surface area contributed by atoms with Crippen LogP contribution in [0.1, 0.15) is 25.5 Å². The van der Waals surface area contributed by atoms with Crippen LogP contribution in [-0.2, 0) is 21.2 Å². The summed E-state index contributed by atoms with van der Waals surface area (Å²) in [6.07, 6.45) is 1.55. The summed E-state index contributed by atoms with van der Waals surface area (Å²) in [6, 6.07) is 11.5. The molecule has 10 heteroatoms. The second-order valence-corrected chi connectivity index (χ2v) is 9.38. The molecule has 0 atom stereocenters. The van der Waals surface area contributed by atoms with E-state index >= 15 is 0 Å². The summed E-state index contributed by atoms with van der Waals surface area (Å²) < 4.78 is 33.2. The van der Waals surface area contributed by atoms with Gasteiger partial charge in [-0.2, -0.15) is 9.40 Å². The maximum Gasteiger partial charge on any atom is 0.272 e. The fraction of sp³-hybridized carbons (Fsp3) is 0.318. The van der Waals surface area contributed by atoms with Gasteiger partial charge in [-0.15, -0.1) is 0 Å². The highest BCUT2D eigenvalue weighted by Crippen LogP contribution is 2.31. The topological polar surface area (TPSA) is 121 Å². The zero-order valence-electron chi connectivity index (χ0n) is 17.6. The van der Waals surface area contributed by atoms with Crippen molar-refractivity contribution in [2.75, 3.05) is 25.0 Å². The predicted octanol–water partition coefficient (Wildman–Crippen LogP) is 2.29. The van der Waals surface area contributed by atoms with E-state index in [1.54, 1.807) is 43.3 Å². The van der Waals surface area contributed by atoms with Gasteiger partial charge >= 0.3 is 0 Å². The van der Waals surface area contributed by atoms with Crippen LogP contribution in [0.15, 0.2) is 52.2 Å². The van der Waals surface area contributed by atoms with Crippen LogP contribution in [-0.4, -0.2) is 48.5 Å². The molecule has 1 amide bonds. The van der Waals surface area contributed by atoms with Crippen LogP contribution >= 0.6 is 0 Å². The van der Waals surface area contributed by atoms with Crippen molar-refractivity contribution in [3.05, 3.63) is 58.5 Å². The first kappa shape index (κ1) is 22.0. The normalized spacial score (nSPS) is 14.5. The van der Waals surface area contributed by atoms with Gasteiger partial charge in [-0.25, -0.2) is 13.5 Å². The smallest absolute Gasteiger partial charge is 0.272 e. The van der Waals surface area contributed by atoms with Crippen LogP contribution in [0.4, 0.5) is 5.69 Å². The Labute approximate surface area is 185 Å². The van der Waals surface area contributed by atoms with Crippen LogP contribution in [0.3, 0.4) is 0 Å². The van der Waals surface area contributed by atoms with Crippen molar-refractivity contribution in [1.82, 2.24) is 14.5 Å². The van der Waals surface area contributed by atoms with Crippen molar-refractivity contribution in [3.8, 4) is 5.75 Å². The maximum atomic E-state index is 13.1. The molecule has 2 N–H and O–H groups in total. The van der Waals surface area contributed by atoms with Crippen molar-refractivity contribution in [2.24, 2.45) is 0 Å². The van der Waals surface area contributed by atoms with Gasteiger partial charge in [-0.3, -0.25) is 9.59 Å². The minimum absolute atomic E-state index is 0.0339. The predicted molar refractivity (Wildman–Crippen MR) is 120 cm³/mol. The number of fused-ring (bicyclic) bond motifs is 1. The number of nitrogens with zero attached hydrogens (tertiary/aromatic N) is 2. The van der Waals surface area contributed by atoms with Crippen LogP contribution in [0.5, 0.6) is 5.75 Å². The summed E-state index contributed by atoms with van der Waals surface area (Å²) in [4.78, 5) is 24.7. The second kappa shape index (κ2) is 9.09. The van der Waals surface area contributed by atoms with Gasteiger partial charge < -0.3 is 10.1 Å². The Bertz CT molecular complexity index is 1310. The van der Waals surface area contributed by atoms with E-state index in [9.17, 15) is 18.0 Å². The van der Waals surface area contributed by atoms with E-state index in [1.807, 2.05) is 0 Å². The molecule has 168 valence electrons. The Balaban J connectivity index is 1.60. The summed E-state index contributed by atoms with van der Waals surface area (Å²) >= 11 is 0.